The van der Waals surface area contributed by atoms with Crippen LogP contribution in [0.4, 0.5) is 11.5 Å². The molecule has 0 aliphatic heterocycles. The second kappa shape index (κ2) is 11.0. The number of esters is 1. The number of pyridine rings is 1. The zero-order valence-corrected chi connectivity index (χ0v) is 22.6. The van der Waals surface area contributed by atoms with Crippen LogP contribution in [0.1, 0.15) is 32.0 Å². The molecule has 1 N–H and O–H groups in total. The van der Waals surface area contributed by atoms with Crippen molar-refractivity contribution in [3.8, 4) is 33.7 Å². The van der Waals surface area contributed by atoms with E-state index in [0.717, 1.165) is 44.9 Å². The summed E-state index contributed by atoms with van der Waals surface area (Å²) in [5.41, 5.74) is 6.70. The molecule has 2 aromatic heterocycles. The third kappa shape index (κ3) is 5.46. The van der Waals surface area contributed by atoms with Gasteiger partial charge < -0.3 is 14.6 Å². The van der Waals surface area contributed by atoms with Crippen LogP contribution < -0.4 is 5.32 Å². The monoisotopic (exact) mass is 517 g/mol. The molecule has 39 heavy (non-hydrogen) atoms. The first-order valence-electron chi connectivity index (χ1n) is 13.0. The van der Waals surface area contributed by atoms with Crippen LogP contribution in [0.5, 0.6) is 0 Å². The number of benzene rings is 3. The van der Waals surface area contributed by atoms with Gasteiger partial charge in [0, 0.05) is 11.1 Å². The summed E-state index contributed by atoms with van der Waals surface area (Å²) in [5.74, 6) is 1.14. The molecule has 196 valence electrons. The maximum absolute atomic E-state index is 12.4. The van der Waals surface area contributed by atoms with E-state index in [9.17, 15) is 4.79 Å². The Bertz CT molecular complexity index is 1570. The average Bonchev–Trinajstić information content (AvgIpc) is 3.33. The van der Waals surface area contributed by atoms with Gasteiger partial charge in [-0.05, 0) is 56.5 Å². The van der Waals surface area contributed by atoms with E-state index in [4.69, 9.17) is 14.2 Å². The number of aryl methyl sites for hydroxylation is 1. The van der Waals surface area contributed by atoms with Gasteiger partial charge in [0.1, 0.15) is 17.2 Å². The molecule has 0 saturated carbocycles. The van der Waals surface area contributed by atoms with Crippen molar-refractivity contribution in [1.29, 1.82) is 0 Å². The van der Waals surface area contributed by atoms with Gasteiger partial charge in [-0.2, -0.15) is 0 Å². The highest BCUT2D eigenvalue weighted by Crippen LogP contribution is 2.35. The number of nitrogens with one attached hydrogen (secondary N) is 1. The van der Waals surface area contributed by atoms with Crippen LogP contribution in [-0.2, 0) is 14.9 Å². The molecule has 0 atom stereocenters. The first kappa shape index (κ1) is 25.9. The van der Waals surface area contributed by atoms with Crippen molar-refractivity contribution in [1.82, 2.24) is 10.1 Å². The van der Waals surface area contributed by atoms with E-state index in [0.29, 0.717) is 18.2 Å². The summed E-state index contributed by atoms with van der Waals surface area (Å²) in [4.78, 5) is 17.2. The SMILES string of the molecule is CCOC(=O)C(C)(C)c1ccc(-c2ccc(-c3onc(C)c3Nc3cccc(-c4ccccc4)n3)cc2)cc1. The number of ether oxygens (including phenoxy) is 1. The van der Waals surface area contributed by atoms with Crippen LogP contribution in [0.3, 0.4) is 0 Å². The number of hydrogen-bond donors (Lipinski definition) is 1. The van der Waals surface area contributed by atoms with Gasteiger partial charge in [0.25, 0.3) is 0 Å². The molecule has 3 aromatic carbocycles. The molecule has 5 aromatic rings. The smallest absolute Gasteiger partial charge is 0.315 e. The Morgan fingerprint density at radius 3 is 2.13 bits per heavy atom. The molecule has 0 amide bonds. The van der Waals surface area contributed by atoms with Crippen LogP contribution in [0, 0.1) is 6.92 Å². The van der Waals surface area contributed by atoms with Crippen molar-refractivity contribution in [2.24, 2.45) is 0 Å². The largest absolute Gasteiger partial charge is 0.465 e. The summed E-state index contributed by atoms with van der Waals surface area (Å²) in [7, 11) is 0. The van der Waals surface area contributed by atoms with Gasteiger partial charge in [-0.1, -0.05) is 90.1 Å². The molecule has 6 nitrogen and oxygen atoms in total. The van der Waals surface area contributed by atoms with E-state index in [-0.39, 0.29) is 5.97 Å². The minimum absolute atomic E-state index is 0.226. The predicted octanol–water partition coefficient (Wildman–Crippen LogP) is 7.96. The maximum atomic E-state index is 12.4. The first-order valence-corrected chi connectivity index (χ1v) is 13.0. The van der Waals surface area contributed by atoms with Crippen LogP contribution in [0.15, 0.2) is 102 Å². The standard InChI is InChI=1S/C33H31N3O3/c1-5-38-32(37)33(3,4)27-20-18-24(19-21-27)23-14-16-26(17-15-23)31-30(22(2)36-39-31)35-29-13-9-12-28(34-29)25-10-7-6-8-11-25/h6-21H,5H2,1-4H3,(H,34,35). The van der Waals surface area contributed by atoms with E-state index in [2.05, 4.69) is 22.6 Å². The Kier molecular flexibility index (Phi) is 7.28. The molecule has 6 heteroatoms. The van der Waals surface area contributed by atoms with Gasteiger partial charge >= 0.3 is 5.97 Å². The van der Waals surface area contributed by atoms with Crippen molar-refractivity contribution in [2.45, 2.75) is 33.1 Å². The second-order valence-corrected chi connectivity index (χ2v) is 9.87. The van der Waals surface area contributed by atoms with Crippen LogP contribution in [0.2, 0.25) is 0 Å². The topological polar surface area (TPSA) is 77.2 Å². The Balaban J connectivity index is 1.36. The predicted molar refractivity (Wildman–Crippen MR) is 155 cm³/mol. The summed E-state index contributed by atoms with van der Waals surface area (Å²) >= 11 is 0. The van der Waals surface area contributed by atoms with Gasteiger partial charge in [0.15, 0.2) is 5.76 Å². The Morgan fingerprint density at radius 2 is 1.46 bits per heavy atom. The van der Waals surface area contributed by atoms with E-state index < -0.39 is 5.41 Å². The summed E-state index contributed by atoms with van der Waals surface area (Å²) in [5, 5.41) is 7.62. The highest BCUT2D eigenvalue weighted by atomic mass is 16.5. The number of carbonyl (C=O) groups excluding carboxylic acids is 1. The van der Waals surface area contributed by atoms with E-state index in [1.807, 2.05) is 113 Å². The Hall–Kier alpha value is -4.71. The molecule has 0 radical (unpaired) electrons. The molecule has 0 spiro atoms. The minimum atomic E-state index is -0.707. The average molecular weight is 518 g/mol. The molecule has 0 saturated heterocycles. The Morgan fingerprint density at radius 1 is 0.821 bits per heavy atom. The number of hydrogen-bond acceptors (Lipinski definition) is 6. The molecule has 0 bridgehead atoms. The number of aromatic nitrogens is 2. The highest BCUT2D eigenvalue weighted by molar-refractivity contribution is 5.83. The molecule has 0 fully saturated rings. The molecule has 0 unspecified atom stereocenters. The molecule has 0 aliphatic carbocycles. The van der Waals surface area contributed by atoms with Crippen LogP contribution in [-0.4, -0.2) is 22.7 Å². The lowest BCUT2D eigenvalue weighted by molar-refractivity contribution is -0.148. The molecular formula is C33H31N3O3. The van der Waals surface area contributed by atoms with E-state index in [1.165, 1.54) is 0 Å². The number of anilines is 2. The van der Waals surface area contributed by atoms with E-state index in [1.54, 1.807) is 0 Å². The van der Waals surface area contributed by atoms with Gasteiger partial charge in [0.05, 0.1) is 17.7 Å². The lowest BCUT2D eigenvalue weighted by atomic mass is 9.84. The van der Waals surface area contributed by atoms with E-state index >= 15 is 0 Å². The fraction of sp³-hybridized carbons (Fsp3) is 0.182. The lowest BCUT2D eigenvalue weighted by Crippen LogP contribution is -2.31. The van der Waals surface area contributed by atoms with Crippen molar-refractivity contribution >= 4 is 17.5 Å². The molecule has 2 heterocycles. The molecular weight excluding hydrogens is 486 g/mol. The van der Waals surface area contributed by atoms with Crippen molar-refractivity contribution < 1.29 is 14.1 Å². The third-order valence-corrected chi connectivity index (χ3v) is 6.81. The zero-order chi connectivity index (χ0) is 27.4. The first-order chi connectivity index (χ1) is 18.9. The van der Waals surface area contributed by atoms with Crippen LogP contribution in [0.25, 0.3) is 33.7 Å². The third-order valence-electron chi connectivity index (χ3n) is 6.81. The normalized spacial score (nSPS) is 11.3. The lowest BCUT2D eigenvalue weighted by Gasteiger charge is -2.23. The summed E-state index contributed by atoms with van der Waals surface area (Å²) < 4.78 is 11.0. The van der Waals surface area contributed by atoms with Crippen molar-refractivity contribution in [2.75, 3.05) is 11.9 Å². The molecule has 0 aliphatic rings. The summed E-state index contributed by atoms with van der Waals surface area (Å²) in [6.07, 6.45) is 0. The van der Waals surface area contributed by atoms with Gasteiger partial charge in [-0.15, -0.1) is 0 Å². The number of rotatable bonds is 8. The number of nitrogens with zero attached hydrogens (tertiary/aromatic N) is 2. The zero-order valence-electron chi connectivity index (χ0n) is 22.6. The summed E-state index contributed by atoms with van der Waals surface area (Å²) in [6, 6.07) is 32.1. The highest BCUT2D eigenvalue weighted by Gasteiger charge is 2.31. The number of carbonyl (C=O) groups is 1. The summed E-state index contributed by atoms with van der Waals surface area (Å²) in [6.45, 7) is 7.86. The maximum Gasteiger partial charge on any atom is 0.315 e. The van der Waals surface area contributed by atoms with Gasteiger partial charge in [0.2, 0.25) is 0 Å². The Labute approximate surface area is 228 Å². The van der Waals surface area contributed by atoms with Gasteiger partial charge in [-0.25, -0.2) is 4.98 Å². The second-order valence-electron chi connectivity index (χ2n) is 9.87. The van der Waals surface area contributed by atoms with Crippen molar-refractivity contribution in [3.63, 3.8) is 0 Å². The minimum Gasteiger partial charge on any atom is -0.465 e. The molecule has 5 rings (SSSR count). The van der Waals surface area contributed by atoms with Gasteiger partial charge in [-0.3, -0.25) is 4.79 Å². The fourth-order valence-electron chi connectivity index (χ4n) is 4.44. The fourth-order valence-corrected chi connectivity index (χ4v) is 4.44. The quantitative estimate of drug-likeness (QED) is 0.210. The van der Waals surface area contributed by atoms with Crippen molar-refractivity contribution in [3.05, 3.63) is 108 Å². The van der Waals surface area contributed by atoms with Crippen LogP contribution >= 0.6 is 0 Å².